The highest BCUT2D eigenvalue weighted by Gasteiger charge is 2.34. The van der Waals surface area contributed by atoms with Gasteiger partial charge in [-0.2, -0.15) is 5.10 Å². The number of halogens is 4. The third-order valence-electron chi connectivity index (χ3n) is 3.96. The lowest BCUT2D eigenvalue weighted by atomic mass is 10.2. The highest BCUT2D eigenvalue weighted by molar-refractivity contribution is 6.32. The van der Waals surface area contributed by atoms with Gasteiger partial charge in [0, 0.05) is 16.6 Å². The highest BCUT2D eigenvalue weighted by Crippen LogP contribution is 2.45. The van der Waals surface area contributed by atoms with Crippen LogP contribution in [0.3, 0.4) is 0 Å². The van der Waals surface area contributed by atoms with Crippen molar-refractivity contribution in [1.29, 1.82) is 0 Å². The van der Waals surface area contributed by atoms with Crippen molar-refractivity contribution in [2.45, 2.75) is 38.7 Å². The number of amides is 1. The summed E-state index contributed by atoms with van der Waals surface area (Å²) in [5, 5.41) is 7.08. The van der Waals surface area contributed by atoms with Crippen molar-refractivity contribution in [3.05, 3.63) is 45.2 Å². The molecule has 128 valence electrons. The minimum atomic E-state index is -2.77. The first-order valence-corrected chi connectivity index (χ1v) is 8.23. The maximum atomic E-state index is 13.0. The Kier molecular flexibility index (Phi) is 4.78. The van der Waals surface area contributed by atoms with Crippen molar-refractivity contribution < 1.29 is 13.6 Å². The fraction of sp³-hybridized carbons (Fsp3) is 0.375. The van der Waals surface area contributed by atoms with E-state index in [0.29, 0.717) is 16.4 Å². The fourth-order valence-electron chi connectivity index (χ4n) is 2.55. The van der Waals surface area contributed by atoms with Gasteiger partial charge in [-0.3, -0.25) is 9.48 Å². The number of nitrogens with one attached hydrogen (secondary N) is 1. The van der Waals surface area contributed by atoms with Crippen LogP contribution >= 0.6 is 23.2 Å². The second-order valence-corrected chi connectivity index (χ2v) is 6.56. The number of alkyl halides is 2. The first kappa shape index (κ1) is 17.2. The van der Waals surface area contributed by atoms with E-state index in [0.717, 1.165) is 18.4 Å². The molecule has 0 radical (unpaired) electrons. The number of anilines is 1. The SMILES string of the molecule is Cc1c(Cl)cccc1NC(=O)Cn1nc(C(F)F)c(Cl)c1C1CC1. The summed E-state index contributed by atoms with van der Waals surface area (Å²) in [4.78, 5) is 12.3. The maximum absolute atomic E-state index is 13.0. The first-order valence-electron chi connectivity index (χ1n) is 7.47. The second-order valence-electron chi connectivity index (χ2n) is 5.78. The Hall–Kier alpha value is -1.66. The van der Waals surface area contributed by atoms with Gasteiger partial charge in [-0.25, -0.2) is 8.78 Å². The van der Waals surface area contributed by atoms with E-state index in [1.165, 1.54) is 4.68 Å². The van der Waals surface area contributed by atoms with Crippen molar-refractivity contribution >= 4 is 34.8 Å². The van der Waals surface area contributed by atoms with E-state index in [-0.39, 0.29) is 23.4 Å². The van der Waals surface area contributed by atoms with Crippen LogP contribution in [-0.4, -0.2) is 15.7 Å². The molecule has 1 aliphatic carbocycles. The number of carbonyl (C=O) groups is 1. The van der Waals surface area contributed by atoms with Crippen molar-refractivity contribution in [2.24, 2.45) is 0 Å². The fourth-order valence-corrected chi connectivity index (χ4v) is 3.09. The number of rotatable bonds is 5. The topological polar surface area (TPSA) is 46.9 Å². The summed E-state index contributed by atoms with van der Waals surface area (Å²) in [6.07, 6.45) is -1.04. The Morgan fingerprint density at radius 1 is 1.42 bits per heavy atom. The number of hydrogen-bond acceptors (Lipinski definition) is 2. The van der Waals surface area contributed by atoms with Gasteiger partial charge in [0.25, 0.3) is 6.43 Å². The average molecular weight is 374 g/mol. The average Bonchev–Trinajstić information content (AvgIpc) is 3.28. The lowest BCUT2D eigenvalue weighted by Crippen LogP contribution is -2.21. The summed E-state index contributed by atoms with van der Waals surface area (Å²) >= 11 is 12.1. The van der Waals surface area contributed by atoms with Crippen molar-refractivity contribution in [1.82, 2.24) is 9.78 Å². The molecular formula is C16H15Cl2F2N3O. The summed E-state index contributed by atoms with van der Waals surface area (Å²) in [7, 11) is 0. The molecule has 3 rings (SSSR count). The van der Waals surface area contributed by atoms with Crippen LogP contribution < -0.4 is 5.32 Å². The molecule has 0 bridgehead atoms. The predicted octanol–water partition coefficient (Wildman–Crippen LogP) is 4.95. The zero-order valence-electron chi connectivity index (χ0n) is 12.8. The summed E-state index contributed by atoms with van der Waals surface area (Å²) in [6.45, 7) is 1.61. The summed E-state index contributed by atoms with van der Waals surface area (Å²) in [6, 6.07) is 5.17. The van der Waals surface area contributed by atoms with Crippen LogP contribution in [0.15, 0.2) is 18.2 Å². The van der Waals surface area contributed by atoms with E-state index < -0.39 is 12.1 Å². The number of carbonyl (C=O) groups excluding carboxylic acids is 1. The maximum Gasteiger partial charge on any atom is 0.283 e. The quantitative estimate of drug-likeness (QED) is 0.805. The van der Waals surface area contributed by atoms with Gasteiger partial charge in [-0.05, 0) is 37.5 Å². The molecular weight excluding hydrogens is 359 g/mol. The van der Waals surface area contributed by atoms with E-state index in [1.807, 2.05) is 0 Å². The lowest BCUT2D eigenvalue weighted by Gasteiger charge is -2.11. The minimum absolute atomic E-state index is 0.0285. The Morgan fingerprint density at radius 2 is 2.12 bits per heavy atom. The third kappa shape index (κ3) is 3.39. The van der Waals surface area contributed by atoms with Gasteiger partial charge in [0.15, 0.2) is 0 Å². The molecule has 8 heteroatoms. The molecule has 0 spiro atoms. The van der Waals surface area contributed by atoms with E-state index >= 15 is 0 Å². The number of aromatic nitrogens is 2. The zero-order chi connectivity index (χ0) is 17.4. The second kappa shape index (κ2) is 6.69. The van der Waals surface area contributed by atoms with E-state index in [1.54, 1.807) is 25.1 Å². The van der Waals surface area contributed by atoms with Gasteiger partial charge in [0.1, 0.15) is 12.2 Å². The zero-order valence-corrected chi connectivity index (χ0v) is 14.3. The molecule has 0 atom stereocenters. The summed E-state index contributed by atoms with van der Waals surface area (Å²) in [5.74, 6) is -0.277. The monoisotopic (exact) mass is 373 g/mol. The normalized spacial score (nSPS) is 14.2. The molecule has 1 heterocycles. The van der Waals surface area contributed by atoms with Crippen molar-refractivity contribution in [3.63, 3.8) is 0 Å². The molecule has 1 N–H and O–H groups in total. The van der Waals surface area contributed by atoms with Crippen molar-refractivity contribution in [2.75, 3.05) is 5.32 Å². The van der Waals surface area contributed by atoms with E-state index in [4.69, 9.17) is 23.2 Å². The molecule has 1 aromatic heterocycles. The van der Waals surface area contributed by atoms with Crippen LogP contribution in [0.4, 0.5) is 14.5 Å². The molecule has 1 aromatic carbocycles. The van der Waals surface area contributed by atoms with Gasteiger partial charge in [0.05, 0.1) is 10.7 Å². The van der Waals surface area contributed by atoms with Crippen LogP contribution in [0.25, 0.3) is 0 Å². The molecule has 1 saturated carbocycles. The Balaban J connectivity index is 1.81. The Morgan fingerprint density at radius 3 is 2.75 bits per heavy atom. The largest absolute Gasteiger partial charge is 0.324 e. The highest BCUT2D eigenvalue weighted by atomic mass is 35.5. The summed E-state index contributed by atoms with van der Waals surface area (Å²) in [5.41, 5.74) is 1.37. The summed E-state index contributed by atoms with van der Waals surface area (Å²) < 4.78 is 27.3. The van der Waals surface area contributed by atoms with Crippen LogP contribution in [0, 0.1) is 6.92 Å². The van der Waals surface area contributed by atoms with Crippen molar-refractivity contribution in [3.8, 4) is 0 Å². The molecule has 0 unspecified atom stereocenters. The Bertz CT molecular complexity index is 788. The van der Waals surface area contributed by atoms with Gasteiger partial charge in [-0.1, -0.05) is 29.3 Å². The van der Waals surface area contributed by atoms with Crippen LogP contribution in [-0.2, 0) is 11.3 Å². The van der Waals surface area contributed by atoms with Gasteiger partial charge in [0.2, 0.25) is 5.91 Å². The molecule has 1 fully saturated rings. The van der Waals surface area contributed by atoms with E-state index in [9.17, 15) is 13.6 Å². The number of nitrogens with zero attached hydrogens (tertiary/aromatic N) is 2. The molecule has 2 aromatic rings. The van der Waals surface area contributed by atoms with Gasteiger partial charge >= 0.3 is 0 Å². The van der Waals surface area contributed by atoms with E-state index in [2.05, 4.69) is 10.4 Å². The van der Waals surface area contributed by atoms with Crippen LogP contribution in [0.1, 0.15) is 42.1 Å². The lowest BCUT2D eigenvalue weighted by molar-refractivity contribution is -0.117. The Labute approximate surface area is 147 Å². The minimum Gasteiger partial charge on any atom is -0.324 e. The van der Waals surface area contributed by atoms with Crippen LogP contribution in [0.5, 0.6) is 0 Å². The van der Waals surface area contributed by atoms with Gasteiger partial charge in [-0.15, -0.1) is 0 Å². The molecule has 1 amide bonds. The first-order chi connectivity index (χ1) is 11.4. The molecule has 0 saturated heterocycles. The molecule has 0 aliphatic heterocycles. The standard InChI is InChI=1S/C16H15Cl2F2N3O/c1-8-10(17)3-2-4-11(8)21-12(24)7-23-15(9-5-6-9)13(18)14(22-23)16(19)20/h2-4,9,16H,5-7H2,1H3,(H,21,24). The molecule has 1 aliphatic rings. The number of benzene rings is 1. The van der Waals surface area contributed by atoms with Crippen LogP contribution in [0.2, 0.25) is 10.0 Å². The predicted molar refractivity (Wildman–Crippen MR) is 89.0 cm³/mol. The molecule has 24 heavy (non-hydrogen) atoms. The third-order valence-corrected chi connectivity index (χ3v) is 4.76. The molecule has 4 nitrogen and oxygen atoms in total. The number of hydrogen-bond donors (Lipinski definition) is 1. The van der Waals surface area contributed by atoms with Gasteiger partial charge < -0.3 is 5.32 Å². The smallest absolute Gasteiger partial charge is 0.283 e.